The highest BCUT2D eigenvalue weighted by molar-refractivity contribution is 7.92. The van der Waals surface area contributed by atoms with Crippen LogP contribution in [0.1, 0.15) is 38.0 Å². The molecule has 0 bridgehead atoms. The lowest BCUT2D eigenvalue weighted by atomic mass is 10.2. The van der Waals surface area contributed by atoms with Crippen molar-refractivity contribution in [3.63, 3.8) is 0 Å². The van der Waals surface area contributed by atoms with E-state index in [1.54, 1.807) is 6.07 Å². The average molecular weight is 498 g/mol. The zero-order chi connectivity index (χ0) is 25.6. The molecule has 3 aromatic rings. The monoisotopic (exact) mass is 497 g/mol. The Morgan fingerprint density at radius 3 is 1.74 bits per heavy atom. The summed E-state index contributed by atoms with van der Waals surface area (Å²) in [5.74, 6) is -0.528. The maximum atomic E-state index is 12.6. The van der Waals surface area contributed by atoms with Crippen molar-refractivity contribution in [2.24, 2.45) is 0 Å². The van der Waals surface area contributed by atoms with Crippen LogP contribution in [0.4, 0.5) is 5.69 Å². The molecule has 3 N–H and O–H groups in total. The largest absolute Gasteiger partial charge is 0.493 e. The van der Waals surface area contributed by atoms with Crippen LogP contribution in [0.25, 0.3) is 0 Å². The molecule has 35 heavy (non-hydrogen) atoms. The summed E-state index contributed by atoms with van der Waals surface area (Å²) in [6.07, 6.45) is 0. The van der Waals surface area contributed by atoms with Crippen molar-refractivity contribution < 1.29 is 32.3 Å². The Bertz CT molecular complexity index is 1350. The summed E-state index contributed by atoms with van der Waals surface area (Å²) in [6.45, 7) is 1.39. The van der Waals surface area contributed by atoms with E-state index in [9.17, 15) is 22.8 Å². The van der Waals surface area contributed by atoms with Gasteiger partial charge in [0.2, 0.25) is 0 Å². The van der Waals surface area contributed by atoms with Gasteiger partial charge in [0.05, 0.1) is 19.1 Å². The highest BCUT2D eigenvalue weighted by Crippen LogP contribution is 2.27. The third-order valence-electron chi connectivity index (χ3n) is 4.91. The van der Waals surface area contributed by atoms with E-state index < -0.39 is 21.8 Å². The van der Waals surface area contributed by atoms with Gasteiger partial charge in [0.15, 0.2) is 17.3 Å². The van der Waals surface area contributed by atoms with Crippen LogP contribution in [-0.4, -0.2) is 40.2 Å². The van der Waals surface area contributed by atoms with E-state index in [4.69, 9.17) is 9.47 Å². The number of hydrazine groups is 1. The first kappa shape index (κ1) is 25.2. The highest BCUT2D eigenvalue weighted by Gasteiger charge is 2.16. The molecule has 3 rings (SSSR count). The molecule has 0 unspecified atom stereocenters. The third kappa shape index (κ3) is 6.15. The molecule has 0 atom stereocenters. The number of hydrogen-bond donors (Lipinski definition) is 3. The third-order valence-corrected chi connectivity index (χ3v) is 6.30. The molecular weight excluding hydrogens is 474 g/mol. The topological polar surface area (TPSA) is 140 Å². The van der Waals surface area contributed by atoms with Crippen LogP contribution in [0.3, 0.4) is 0 Å². The standard InChI is InChI=1S/C24H23N3O7S/c1-15(28)16-6-11-20(12-7-16)35(31,32)27-19-9-4-17(5-10-19)23(29)25-26-24(30)18-8-13-21(33-2)22(14-18)34-3/h4-14,27H,1-3H3,(H,25,29)(H,26,30). The van der Waals surface area contributed by atoms with E-state index in [0.29, 0.717) is 17.1 Å². The average Bonchev–Trinajstić information content (AvgIpc) is 2.86. The summed E-state index contributed by atoms with van der Waals surface area (Å²) in [7, 11) is -0.977. The number of carbonyl (C=O) groups is 3. The second kappa shape index (κ2) is 10.7. The Hall–Kier alpha value is -4.38. The summed E-state index contributed by atoms with van der Waals surface area (Å²) in [4.78, 5) is 36.1. The van der Waals surface area contributed by atoms with Crippen molar-refractivity contribution >= 4 is 33.3 Å². The van der Waals surface area contributed by atoms with Crippen LogP contribution in [0.5, 0.6) is 11.5 Å². The normalized spacial score (nSPS) is 10.7. The Balaban J connectivity index is 1.61. The number of nitrogens with one attached hydrogen (secondary N) is 3. The number of sulfonamides is 1. The number of anilines is 1. The lowest BCUT2D eigenvalue weighted by Gasteiger charge is -2.11. The van der Waals surface area contributed by atoms with Gasteiger partial charge in [-0.15, -0.1) is 0 Å². The van der Waals surface area contributed by atoms with E-state index in [1.807, 2.05) is 0 Å². The summed E-state index contributed by atoms with van der Waals surface area (Å²) in [5.41, 5.74) is 5.65. The summed E-state index contributed by atoms with van der Waals surface area (Å²) in [6, 6.07) is 15.7. The quantitative estimate of drug-likeness (QED) is 0.321. The van der Waals surface area contributed by atoms with Gasteiger partial charge in [0, 0.05) is 22.4 Å². The van der Waals surface area contributed by atoms with Crippen LogP contribution in [0.15, 0.2) is 71.6 Å². The fraction of sp³-hybridized carbons (Fsp3) is 0.125. The van der Waals surface area contributed by atoms with Gasteiger partial charge in [-0.1, -0.05) is 12.1 Å². The molecule has 0 spiro atoms. The Morgan fingerprint density at radius 2 is 1.20 bits per heavy atom. The van der Waals surface area contributed by atoms with E-state index >= 15 is 0 Å². The molecule has 11 heteroatoms. The molecule has 0 saturated heterocycles. The predicted molar refractivity (Wildman–Crippen MR) is 128 cm³/mol. The lowest BCUT2D eigenvalue weighted by molar-refractivity contribution is 0.0846. The van der Waals surface area contributed by atoms with Crippen LogP contribution >= 0.6 is 0 Å². The fourth-order valence-corrected chi connectivity index (χ4v) is 4.07. The van der Waals surface area contributed by atoms with Gasteiger partial charge in [-0.3, -0.25) is 30.0 Å². The Kier molecular flexibility index (Phi) is 7.72. The summed E-state index contributed by atoms with van der Waals surface area (Å²) < 4.78 is 37.8. The zero-order valence-electron chi connectivity index (χ0n) is 19.1. The molecular formula is C24H23N3O7S. The fourth-order valence-electron chi connectivity index (χ4n) is 3.01. The van der Waals surface area contributed by atoms with E-state index in [2.05, 4.69) is 15.6 Å². The van der Waals surface area contributed by atoms with Gasteiger partial charge in [0.1, 0.15) is 0 Å². The predicted octanol–water partition coefficient (Wildman–Crippen LogP) is 2.78. The van der Waals surface area contributed by atoms with Crippen LogP contribution < -0.4 is 25.0 Å². The zero-order valence-corrected chi connectivity index (χ0v) is 19.9. The molecule has 0 aliphatic rings. The molecule has 0 heterocycles. The molecule has 2 amide bonds. The minimum absolute atomic E-state index is 0.0119. The van der Waals surface area contributed by atoms with Crippen molar-refractivity contribution in [3.05, 3.63) is 83.4 Å². The number of rotatable bonds is 8. The Morgan fingerprint density at radius 1 is 0.686 bits per heavy atom. The smallest absolute Gasteiger partial charge is 0.269 e. The first-order valence-electron chi connectivity index (χ1n) is 10.2. The SMILES string of the molecule is COc1ccc(C(=O)NNC(=O)c2ccc(NS(=O)(=O)c3ccc(C(C)=O)cc3)cc2)cc1OC. The number of amides is 2. The summed E-state index contributed by atoms with van der Waals surface area (Å²) in [5, 5.41) is 0. The number of hydrogen-bond acceptors (Lipinski definition) is 7. The molecule has 182 valence electrons. The molecule has 0 fully saturated rings. The maximum absolute atomic E-state index is 12.6. The van der Waals surface area contributed by atoms with Crippen LogP contribution in [0, 0.1) is 0 Å². The molecule has 0 aromatic heterocycles. The number of ether oxygens (including phenoxy) is 2. The van der Waals surface area contributed by atoms with Gasteiger partial charge >= 0.3 is 0 Å². The van der Waals surface area contributed by atoms with Crippen molar-refractivity contribution in [3.8, 4) is 11.5 Å². The highest BCUT2D eigenvalue weighted by atomic mass is 32.2. The molecule has 0 radical (unpaired) electrons. The van der Waals surface area contributed by atoms with E-state index in [1.165, 1.54) is 81.8 Å². The lowest BCUT2D eigenvalue weighted by Crippen LogP contribution is -2.41. The second-order valence-corrected chi connectivity index (χ2v) is 8.92. The van der Waals surface area contributed by atoms with Crippen molar-refractivity contribution in [1.29, 1.82) is 0 Å². The Labute approximate surface area is 202 Å². The van der Waals surface area contributed by atoms with Gasteiger partial charge < -0.3 is 9.47 Å². The molecule has 0 aliphatic carbocycles. The van der Waals surface area contributed by atoms with Crippen molar-refractivity contribution in [2.75, 3.05) is 18.9 Å². The molecule has 3 aromatic carbocycles. The van der Waals surface area contributed by atoms with Crippen molar-refractivity contribution in [2.45, 2.75) is 11.8 Å². The first-order chi connectivity index (χ1) is 16.6. The maximum Gasteiger partial charge on any atom is 0.269 e. The first-order valence-corrected chi connectivity index (χ1v) is 11.7. The second-order valence-electron chi connectivity index (χ2n) is 7.24. The van der Waals surface area contributed by atoms with Gasteiger partial charge in [-0.05, 0) is 61.5 Å². The number of Topliss-reactive ketones (excluding diaryl/α,β-unsaturated/α-hetero) is 1. The minimum atomic E-state index is -3.89. The van der Waals surface area contributed by atoms with Crippen LogP contribution in [0.2, 0.25) is 0 Å². The van der Waals surface area contributed by atoms with Gasteiger partial charge in [0.25, 0.3) is 21.8 Å². The number of methoxy groups -OCH3 is 2. The minimum Gasteiger partial charge on any atom is -0.493 e. The van der Waals surface area contributed by atoms with Gasteiger partial charge in [-0.25, -0.2) is 8.42 Å². The van der Waals surface area contributed by atoms with Crippen molar-refractivity contribution in [1.82, 2.24) is 10.9 Å². The number of ketones is 1. The molecule has 0 saturated carbocycles. The van der Waals surface area contributed by atoms with Crippen LogP contribution in [-0.2, 0) is 10.0 Å². The number of benzene rings is 3. The van der Waals surface area contributed by atoms with E-state index in [-0.39, 0.29) is 27.5 Å². The molecule has 0 aliphatic heterocycles. The molecule has 10 nitrogen and oxygen atoms in total. The van der Waals surface area contributed by atoms with E-state index in [0.717, 1.165) is 0 Å². The summed E-state index contributed by atoms with van der Waals surface area (Å²) >= 11 is 0. The number of carbonyl (C=O) groups excluding carboxylic acids is 3. The van der Waals surface area contributed by atoms with Gasteiger partial charge in [-0.2, -0.15) is 0 Å².